The highest BCUT2D eigenvalue weighted by molar-refractivity contribution is 5.94. The number of anilines is 2. The third kappa shape index (κ3) is 3.73. The van der Waals surface area contributed by atoms with E-state index in [0.29, 0.717) is 5.78 Å². The van der Waals surface area contributed by atoms with Gasteiger partial charge in [0.25, 0.3) is 0 Å². The molecule has 1 aliphatic carbocycles. The van der Waals surface area contributed by atoms with Crippen LogP contribution in [0.5, 0.6) is 0 Å². The van der Waals surface area contributed by atoms with Gasteiger partial charge in [-0.1, -0.05) is 55.7 Å². The van der Waals surface area contributed by atoms with Crippen molar-refractivity contribution < 1.29 is 4.79 Å². The van der Waals surface area contributed by atoms with Crippen LogP contribution < -0.4 is 5.32 Å². The first-order valence-electron chi connectivity index (χ1n) is 9.89. The lowest BCUT2D eigenvalue weighted by molar-refractivity contribution is -0.123. The molecule has 4 rings (SSSR count). The first-order valence-corrected chi connectivity index (χ1v) is 9.89. The molecule has 1 unspecified atom stereocenters. The normalized spacial score (nSPS) is 15.8. The van der Waals surface area contributed by atoms with Gasteiger partial charge in [-0.2, -0.15) is 0 Å². The van der Waals surface area contributed by atoms with E-state index in [2.05, 4.69) is 55.6 Å². The SMILES string of the molecule is Cc1ccc(Nc2cc(C(C)C(=O)C3CCCC3)c3ccccc3n2)cc1. The molecule has 1 atom stereocenters. The van der Waals surface area contributed by atoms with Crippen molar-refractivity contribution in [1.29, 1.82) is 0 Å². The van der Waals surface area contributed by atoms with Crippen LogP contribution in [-0.4, -0.2) is 10.8 Å². The summed E-state index contributed by atoms with van der Waals surface area (Å²) in [7, 11) is 0. The number of aromatic nitrogens is 1. The summed E-state index contributed by atoms with van der Waals surface area (Å²) < 4.78 is 0. The van der Waals surface area contributed by atoms with E-state index >= 15 is 0 Å². The number of nitrogens with one attached hydrogen (secondary N) is 1. The van der Waals surface area contributed by atoms with Gasteiger partial charge in [0.15, 0.2) is 0 Å². The molecule has 3 aromatic rings. The second-order valence-electron chi connectivity index (χ2n) is 7.71. The molecule has 1 N–H and O–H groups in total. The van der Waals surface area contributed by atoms with Crippen LogP contribution >= 0.6 is 0 Å². The number of nitrogens with zero attached hydrogens (tertiary/aromatic N) is 1. The van der Waals surface area contributed by atoms with Gasteiger partial charge in [0.05, 0.1) is 5.52 Å². The van der Waals surface area contributed by atoms with E-state index in [4.69, 9.17) is 4.98 Å². The molecule has 0 spiro atoms. The highest BCUT2D eigenvalue weighted by atomic mass is 16.1. The van der Waals surface area contributed by atoms with Gasteiger partial charge in [0.2, 0.25) is 0 Å². The molecule has 3 heteroatoms. The Morgan fingerprint density at radius 1 is 1.07 bits per heavy atom. The van der Waals surface area contributed by atoms with Crippen LogP contribution in [0.25, 0.3) is 10.9 Å². The highest BCUT2D eigenvalue weighted by Gasteiger charge is 2.28. The Labute approximate surface area is 160 Å². The third-order valence-electron chi connectivity index (χ3n) is 5.72. The minimum atomic E-state index is -0.112. The van der Waals surface area contributed by atoms with Crippen LogP contribution in [0.1, 0.15) is 49.7 Å². The van der Waals surface area contributed by atoms with Crippen molar-refractivity contribution in [3.05, 3.63) is 65.7 Å². The molecule has 1 heterocycles. The number of benzene rings is 2. The standard InChI is InChI=1S/C24H26N2O/c1-16-11-13-19(14-12-16)25-23-15-21(20-9-5-6-10-22(20)26-23)17(2)24(27)18-7-3-4-8-18/h5-6,9-15,17-18H,3-4,7-8H2,1-2H3,(H,25,26). The number of fused-ring (bicyclic) bond motifs is 1. The van der Waals surface area contributed by atoms with E-state index in [1.165, 1.54) is 18.4 Å². The van der Waals surface area contributed by atoms with Crippen LogP contribution in [-0.2, 0) is 4.79 Å². The number of pyridine rings is 1. The molecule has 3 nitrogen and oxygen atoms in total. The zero-order valence-corrected chi connectivity index (χ0v) is 16.0. The van der Waals surface area contributed by atoms with Crippen molar-refractivity contribution in [1.82, 2.24) is 4.98 Å². The van der Waals surface area contributed by atoms with Gasteiger partial charge in [0, 0.05) is 22.9 Å². The Morgan fingerprint density at radius 2 is 1.78 bits per heavy atom. The molecule has 1 fully saturated rings. The Balaban J connectivity index is 1.71. The van der Waals surface area contributed by atoms with Crippen molar-refractivity contribution in [2.75, 3.05) is 5.32 Å². The summed E-state index contributed by atoms with van der Waals surface area (Å²) in [6.45, 7) is 4.13. The molecule has 0 amide bonds. The molecular formula is C24H26N2O. The summed E-state index contributed by atoms with van der Waals surface area (Å²) in [5.41, 5.74) is 4.23. The number of para-hydroxylation sites is 1. The average molecular weight is 358 g/mol. The fourth-order valence-corrected chi connectivity index (χ4v) is 4.13. The summed E-state index contributed by atoms with van der Waals surface area (Å²) in [5.74, 6) is 1.28. The summed E-state index contributed by atoms with van der Waals surface area (Å²) in [6.07, 6.45) is 4.45. The third-order valence-corrected chi connectivity index (χ3v) is 5.72. The smallest absolute Gasteiger partial charge is 0.143 e. The van der Waals surface area contributed by atoms with Crippen molar-refractivity contribution in [3.8, 4) is 0 Å². The molecule has 2 aromatic carbocycles. The molecular weight excluding hydrogens is 332 g/mol. The predicted molar refractivity (Wildman–Crippen MR) is 112 cm³/mol. The van der Waals surface area contributed by atoms with Gasteiger partial charge in [0.1, 0.15) is 11.6 Å². The van der Waals surface area contributed by atoms with Gasteiger partial charge < -0.3 is 5.32 Å². The molecule has 1 saturated carbocycles. The highest BCUT2D eigenvalue weighted by Crippen LogP contribution is 2.34. The molecule has 0 aliphatic heterocycles. The number of hydrogen-bond acceptors (Lipinski definition) is 3. The second kappa shape index (κ2) is 7.51. The van der Waals surface area contributed by atoms with E-state index < -0.39 is 0 Å². The fraction of sp³-hybridized carbons (Fsp3) is 0.333. The van der Waals surface area contributed by atoms with Crippen molar-refractivity contribution in [2.45, 2.75) is 45.4 Å². The van der Waals surface area contributed by atoms with Gasteiger partial charge in [-0.05, 0) is 49.6 Å². The van der Waals surface area contributed by atoms with Crippen LogP contribution in [0.4, 0.5) is 11.5 Å². The maximum absolute atomic E-state index is 13.1. The summed E-state index contributed by atoms with van der Waals surface area (Å²) in [6, 6.07) is 18.4. The maximum Gasteiger partial charge on any atom is 0.143 e. The lowest BCUT2D eigenvalue weighted by atomic mass is 9.86. The minimum Gasteiger partial charge on any atom is -0.340 e. The Hall–Kier alpha value is -2.68. The number of hydrogen-bond donors (Lipinski definition) is 1. The van der Waals surface area contributed by atoms with E-state index in [-0.39, 0.29) is 11.8 Å². The predicted octanol–water partition coefficient (Wildman–Crippen LogP) is 6.15. The quantitative estimate of drug-likeness (QED) is 0.595. The molecule has 1 aromatic heterocycles. The lowest BCUT2D eigenvalue weighted by Crippen LogP contribution is -2.18. The summed E-state index contributed by atoms with van der Waals surface area (Å²) in [5, 5.41) is 4.48. The van der Waals surface area contributed by atoms with E-state index in [1.807, 2.05) is 18.2 Å². The molecule has 27 heavy (non-hydrogen) atoms. The monoisotopic (exact) mass is 358 g/mol. The zero-order chi connectivity index (χ0) is 18.8. The number of rotatable bonds is 5. The summed E-state index contributed by atoms with van der Waals surface area (Å²) >= 11 is 0. The minimum absolute atomic E-state index is 0.112. The Morgan fingerprint density at radius 3 is 2.52 bits per heavy atom. The van der Waals surface area contributed by atoms with Crippen LogP contribution in [0.15, 0.2) is 54.6 Å². The number of Topliss-reactive ketones (excluding diaryl/α,β-unsaturated/α-hetero) is 1. The lowest BCUT2D eigenvalue weighted by Gasteiger charge is -2.19. The van der Waals surface area contributed by atoms with Gasteiger partial charge >= 0.3 is 0 Å². The Kier molecular flexibility index (Phi) is 4.93. The number of carbonyl (C=O) groups excluding carboxylic acids is 1. The number of carbonyl (C=O) groups is 1. The first kappa shape index (κ1) is 17.7. The van der Waals surface area contributed by atoms with E-state index in [9.17, 15) is 4.79 Å². The van der Waals surface area contributed by atoms with Crippen LogP contribution in [0, 0.1) is 12.8 Å². The van der Waals surface area contributed by atoms with Crippen molar-refractivity contribution in [2.24, 2.45) is 5.92 Å². The molecule has 0 saturated heterocycles. The number of ketones is 1. The van der Waals surface area contributed by atoms with Crippen molar-refractivity contribution >= 4 is 28.2 Å². The fourth-order valence-electron chi connectivity index (χ4n) is 4.13. The molecule has 0 radical (unpaired) electrons. The second-order valence-corrected chi connectivity index (χ2v) is 7.71. The summed E-state index contributed by atoms with van der Waals surface area (Å²) in [4.78, 5) is 17.8. The largest absolute Gasteiger partial charge is 0.340 e. The van der Waals surface area contributed by atoms with Gasteiger partial charge in [-0.15, -0.1) is 0 Å². The van der Waals surface area contributed by atoms with Crippen LogP contribution in [0.3, 0.4) is 0 Å². The van der Waals surface area contributed by atoms with E-state index in [0.717, 1.165) is 40.8 Å². The van der Waals surface area contributed by atoms with Crippen LogP contribution in [0.2, 0.25) is 0 Å². The Bertz CT molecular complexity index is 956. The average Bonchev–Trinajstić information content (AvgIpc) is 3.23. The maximum atomic E-state index is 13.1. The molecule has 138 valence electrons. The number of aryl methyl sites for hydroxylation is 1. The van der Waals surface area contributed by atoms with E-state index in [1.54, 1.807) is 0 Å². The molecule has 1 aliphatic rings. The van der Waals surface area contributed by atoms with Gasteiger partial charge in [-0.3, -0.25) is 4.79 Å². The topological polar surface area (TPSA) is 42.0 Å². The molecule has 0 bridgehead atoms. The zero-order valence-electron chi connectivity index (χ0n) is 16.0. The van der Waals surface area contributed by atoms with Gasteiger partial charge in [-0.25, -0.2) is 4.98 Å². The van der Waals surface area contributed by atoms with Crippen molar-refractivity contribution in [3.63, 3.8) is 0 Å². The first-order chi connectivity index (χ1) is 13.1.